The molecule has 1 saturated heterocycles. The van der Waals surface area contributed by atoms with Crippen molar-refractivity contribution in [2.75, 3.05) is 18.4 Å². The molecule has 130 valence electrons. The van der Waals surface area contributed by atoms with Crippen molar-refractivity contribution in [2.24, 2.45) is 5.92 Å². The van der Waals surface area contributed by atoms with Crippen LogP contribution in [0, 0.1) is 5.92 Å². The molecule has 4 rings (SSSR count). The van der Waals surface area contributed by atoms with Crippen molar-refractivity contribution >= 4 is 17.7 Å². The summed E-state index contributed by atoms with van der Waals surface area (Å²) in [5.41, 5.74) is 4.52. The van der Waals surface area contributed by atoms with E-state index in [1.54, 1.807) is 11.0 Å². The van der Waals surface area contributed by atoms with Gasteiger partial charge in [0.25, 0.3) is 0 Å². The predicted octanol–water partition coefficient (Wildman–Crippen LogP) is 2.64. The third-order valence-electron chi connectivity index (χ3n) is 5.16. The van der Waals surface area contributed by atoms with E-state index in [1.165, 1.54) is 24.5 Å². The molecule has 1 aromatic carbocycles. The lowest BCUT2D eigenvalue weighted by Crippen LogP contribution is -2.29. The summed E-state index contributed by atoms with van der Waals surface area (Å²) in [4.78, 5) is 25.4. The molecule has 1 aliphatic heterocycles. The average Bonchev–Trinajstić information content (AvgIpc) is 3.33. The fourth-order valence-corrected chi connectivity index (χ4v) is 3.69. The fourth-order valence-electron chi connectivity index (χ4n) is 3.69. The standard InChI is InChI=1S/C19H21N3O3/c1-12(23)22-8-7-16(11-22)19(24)20-18-10-17(21-25-18)15-6-5-13-3-2-4-14(13)9-15/h5-6,9-10,16H,2-4,7-8,11H2,1H3,(H,20,24)/t16-/m0/s1. The summed E-state index contributed by atoms with van der Waals surface area (Å²) in [5, 5.41) is 6.86. The number of hydrogen-bond donors (Lipinski definition) is 1. The molecule has 0 saturated carbocycles. The van der Waals surface area contributed by atoms with E-state index in [1.807, 2.05) is 0 Å². The van der Waals surface area contributed by atoms with Crippen LogP contribution in [0.2, 0.25) is 0 Å². The molecule has 1 atom stereocenters. The molecule has 1 aliphatic carbocycles. The summed E-state index contributed by atoms with van der Waals surface area (Å²) in [7, 11) is 0. The second-order valence-electron chi connectivity index (χ2n) is 6.85. The molecule has 2 amide bonds. The molecule has 6 heteroatoms. The quantitative estimate of drug-likeness (QED) is 0.933. The second-order valence-corrected chi connectivity index (χ2v) is 6.85. The van der Waals surface area contributed by atoms with Gasteiger partial charge in [0.2, 0.25) is 17.7 Å². The summed E-state index contributed by atoms with van der Waals surface area (Å²) in [5.74, 6) is 0.0356. The number of aromatic nitrogens is 1. The van der Waals surface area contributed by atoms with Gasteiger partial charge < -0.3 is 9.42 Å². The summed E-state index contributed by atoms with van der Waals surface area (Å²) in [6.45, 7) is 2.62. The van der Waals surface area contributed by atoms with Crippen molar-refractivity contribution in [3.63, 3.8) is 0 Å². The molecule has 0 spiro atoms. The summed E-state index contributed by atoms with van der Waals surface area (Å²) in [6.07, 6.45) is 4.14. The topological polar surface area (TPSA) is 75.4 Å². The minimum Gasteiger partial charge on any atom is -0.342 e. The number of aryl methyl sites for hydroxylation is 2. The number of anilines is 1. The number of rotatable bonds is 3. The van der Waals surface area contributed by atoms with Crippen LogP contribution in [0.25, 0.3) is 11.3 Å². The van der Waals surface area contributed by atoms with Gasteiger partial charge in [-0.25, -0.2) is 0 Å². The summed E-state index contributed by atoms with van der Waals surface area (Å²) >= 11 is 0. The Hall–Kier alpha value is -2.63. The van der Waals surface area contributed by atoms with Crippen molar-refractivity contribution in [3.8, 4) is 11.3 Å². The van der Waals surface area contributed by atoms with Crippen LogP contribution in [0.5, 0.6) is 0 Å². The molecule has 1 N–H and O–H groups in total. The smallest absolute Gasteiger partial charge is 0.231 e. The minimum absolute atomic E-state index is 0.00820. The van der Waals surface area contributed by atoms with Crippen LogP contribution in [-0.2, 0) is 22.4 Å². The van der Waals surface area contributed by atoms with Gasteiger partial charge in [-0.2, -0.15) is 0 Å². The van der Waals surface area contributed by atoms with Crippen LogP contribution >= 0.6 is 0 Å². The first-order chi connectivity index (χ1) is 12.1. The van der Waals surface area contributed by atoms with Gasteiger partial charge in [0.05, 0.1) is 5.92 Å². The van der Waals surface area contributed by atoms with Crippen LogP contribution in [-0.4, -0.2) is 35.0 Å². The maximum atomic E-state index is 12.3. The largest absolute Gasteiger partial charge is 0.342 e. The molecule has 0 bridgehead atoms. The molecule has 2 aliphatic rings. The molecule has 6 nitrogen and oxygen atoms in total. The van der Waals surface area contributed by atoms with E-state index in [0.29, 0.717) is 25.4 Å². The maximum Gasteiger partial charge on any atom is 0.231 e. The zero-order chi connectivity index (χ0) is 17.4. The van der Waals surface area contributed by atoms with Crippen LogP contribution in [0.15, 0.2) is 28.8 Å². The Kier molecular flexibility index (Phi) is 4.03. The fraction of sp³-hybridized carbons (Fsp3) is 0.421. The Morgan fingerprint density at radius 2 is 2.08 bits per heavy atom. The van der Waals surface area contributed by atoms with Crippen LogP contribution in [0.4, 0.5) is 5.88 Å². The van der Waals surface area contributed by atoms with E-state index in [0.717, 1.165) is 24.1 Å². The highest BCUT2D eigenvalue weighted by molar-refractivity contribution is 5.92. The predicted molar refractivity (Wildman–Crippen MR) is 93.0 cm³/mol. The molecule has 2 heterocycles. The summed E-state index contributed by atoms with van der Waals surface area (Å²) in [6, 6.07) is 8.12. The van der Waals surface area contributed by atoms with E-state index in [4.69, 9.17) is 4.52 Å². The van der Waals surface area contributed by atoms with Crippen molar-refractivity contribution in [2.45, 2.75) is 32.6 Å². The Bertz CT molecular complexity index is 827. The highest BCUT2D eigenvalue weighted by Gasteiger charge is 2.30. The molecular formula is C19H21N3O3. The van der Waals surface area contributed by atoms with Crippen molar-refractivity contribution in [1.82, 2.24) is 10.1 Å². The summed E-state index contributed by atoms with van der Waals surface area (Å²) < 4.78 is 5.28. The zero-order valence-corrected chi connectivity index (χ0v) is 14.2. The normalized spacial score (nSPS) is 19.1. The number of likely N-dealkylation sites (tertiary alicyclic amines) is 1. The highest BCUT2D eigenvalue weighted by Crippen LogP contribution is 2.29. The number of nitrogens with zero attached hydrogens (tertiary/aromatic N) is 2. The first-order valence-corrected chi connectivity index (χ1v) is 8.75. The van der Waals surface area contributed by atoms with Gasteiger partial charge in [0.1, 0.15) is 5.69 Å². The monoisotopic (exact) mass is 339 g/mol. The van der Waals surface area contributed by atoms with Gasteiger partial charge in [-0.3, -0.25) is 14.9 Å². The van der Waals surface area contributed by atoms with Crippen molar-refractivity contribution < 1.29 is 14.1 Å². The van der Waals surface area contributed by atoms with Gasteiger partial charge in [-0.1, -0.05) is 17.3 Å². The van der Waals surface area contributed by atoms with Crippen LogP contribution in [0.3, 0.4) is 0 Å². The Balaban J connectivity index is 1.43. The third kappa shape index (κ3) is 3.16. The number of carbonyl (C=O) groups excluding carboxylic acids is 2. The van der Waals surface area contributed by atoms with E-state index < -0.39 is 0 Å². The number of carbonyl (C=O) groups is 2. The zero-order valence-electron chi connectivity index (χ0n) is 14.2. The molecule has 1 aromatic heterocycles. The van der Waals surface area contributed by atoms with Gasteiger partial charge in [0.15, 0.2) is 0 Å². The van der Waals surface area contributed by atoms with Gasteiger partial charge in [0, 0.05) is 31.6 Å². The van der Waals surface area contributed by atoms with Crippen LogP contribution < -0.4 is 5.32 Å². The Morgan fingerprint density at radius 3 is 2.88 bits per heavy atom. The highest BCUT2D eigenvalue weighted by atomic mass is 16.5. The first kappa shape index (κ1) is 15.9. The molecule has 0 radical (unpaired) electrons. The number of hydrogen-bond acceptors (Lipinski definition) is 4. The molecule has 1 fully saturated rings. The Morgan fingerprint density at radius 1 is 1.24 bits per heavy atom. The lowest BCUT2D eigenvalue weighted by Gasteiger charge is -2.13. The van der Waals surface area contributed by atoms with E-state index in [9.17, 15) is 9.59 Å². The number of fused-ring (bicyclic) bond motifs is 1. The lowest BCUT2D eigenvalue weighted by molar-refractivity contribution is -0.128. The van der Waals surface area contributed by atoms with E-state index in [2.05, 4.69) is 28.7 Å². The Labute approximate surface area is 146 Å². The molecule has 2 aromatic rings. The maximum absolute atomic E-state index is 12.3. The van der Waals surface area contributed by atoms with Gasteiger partial charge in [-0.05, 0) is 42.9 Å². The van der Waals surface area contributed by atoms with Gasteiger partial charge in [-0.15, -0.1) is 0 Å². The number of amides is 2. The first-order valence-electron chi connectivity index (χ1n) is 8.75. The molecule has 25 heavy (non-hydrogen) atoms. The van der Waals surface area contributed by atoms with E-state index in [-0.39, 0.29) is 17.7 Å². The second kappa shape index (κ2) is 6.35. The lowest BCUT2D eigenvalue weighted by atomic mass is 10.0. The SMILES string of the molecule is CC(=O)N1CC[C@H](C(=O)Nc2cc(-c3ccc4c(c3)CCC4)no2)C1. The van der Waals surface area contributed by atoms with Crippen molar-refractivity contribution in [1.29, 1.82) is 0 Å². The van der Waals surface area contributed by atoms with Gasteiger partial charge >= 0.3 is 0 Å². The molecular weight excluding hydrogens is 318 g/mol. The minimum atomic E-state index is -0.197. The number of benzene rings is 1. The van der Waals surface area contributed by atoms with E-state index >= 15 is 0 Å². The van der Waals surface area contributed by atoms with Crippen molar-refractivity contribution in [3.05, 3.63) is 35.4 Å². The average molecular weight is 339 g/mol. The third-order valence-corrected chi connectivity index (χ3v) is 5.16. The number of nitrogens with one attached hydrogen (secondary N) is 1. The van der Waals surface area contributed by atoms with Crippen LogP contribution in [0.1, 0.15) is 30.9 Å². The molecule has 0 unspecified atom stereocenters.